The molecule has 1 saturated carbocycles. The van der Waals surface area contributed by atoms with Gasteiger partial charge in [-0.25, -0.2) is 0 Å². The highest BCUT2D eigenvalue weighted by molar-refractivity contribution is 4.78. The molecule has 0 aliphatic heterocycles. The third-order valence-electron chi connectivity index (χ3n) is 3.71. The molecule has 0 aromatic carbocycles. The van der Waals surface area contributed by atoms with E-state index in [-0.39, 0.29) is 0 Å². The summed E-state index contributed by atoms with van der Waals surface area (Å²) in [4.78, 5) is 0. The summed E-state index contributed by atoms with van der Waals surface area (Å²) in [5.41, 5.74) is 0. The molecular weight excluding hydrogens is 156 g/mol. The first-order valence-electron chi connectivity index (χ1n) is 6.24. The first kappa shape index (κ1) is 11.1. The molecule has 0 bridgehead atoms. The zero-order chi connectivity index (χ0) is 9.68. The van der Waals surface area contributed by atoms with Crippen molar-refractivity contribution in [2.75, 3.05) is 0 Å². The summed E-state index contributed by atoms with van der Waals surface area (Å²) in [6.07, 6.45) is 10.3. The molecule has 3 atom stereocenters. The lowest BCUT2D eigenvalue weighted by Gasteiger charge is -2.14. The Morgan fingerprint density at radius 2 is 1.77 bits per heavy atom. The fraction of sp³-hybridized carbons (Fsp3) is 1.00. The molecule has 0 heteroatoms. The second kappa shape index (κ2) is 5.67. The van der Waals surface area contributed by atoms with Crippen molar-refractivity contribution >= 4 is 0 Å². The Morgan fingerprint density at radius 3 is 2.31 bits per heavy atom. The van der Waals surface area contributed by atoms with E-state index < -0.39 is 0 Å². The summed E-state index contributed by atoms with van der Waals surface area (Å²) in [6.45, 7) is 7.16. The highest BCUT2D eigenvalue weighted by Crippen LogP contribution is 2.38. The van der Waals surface area contributed by atoms with Crippen LogP contribution in [0.1, 0.15) is 65.7 Å². The van der Waals surface area contributed by atoms with Gasteiger partial charge in [-0.2, -0.15) is 0 Å². The molecule has 1 aliphatic rings. The van der Waals surface area contributed by atoms with Crippen LogP contribution in [0.25, 0.3) is 0 Å². The van der Waals surface area contributed by atoms with Crippen LogP contribution in [0.2, 0.25) is 0 Å². The molecule has 0 aromatic rings. The van der Waals surface area contributed by atoms with E-state index in [1.807, 2.05) is 0 Å². The van der Waals surface area contributed by atoms with Crippen molar-refractivity contribution in [3.8, 4) is 0 Å². The van der Waals surface area contributed by atoms with Crippen molar-refractivity contribution in [1.29, 1.82) is 0 Å². The number of hydrogen-bond donors (Lipinski definition) is 0. The summed E-state index contributed by atoms with van der Waals surface area (Å²) in [6, 6.07) is 0. The normalized spacial score (nSPS) is 33.9. The van der Waals surface area contributed by atoms with Crippen molar-refractivity contribution in [2.24, 2.45) is 17.8 Å². The Morgan fingerprint density at radius 1 is 1.00 bits per heavy atom. The quantitative estimate of drug-likeness (QED) is 0.543. The van der Waals surface area contributed by atoms with Gasteiger partial charge in [-0.1, -0.05) is 52.9 Å². The average molecular weight is 182 g/mol. The van der Waals surface area contributed by atoms with Crippen LogP contribution in [0.3, 0.4) is 0 Å². The Balaban J connectivity index is 2.07. The second-order valence-corrected chi connectivity index (χ2v) is 5.16. The zero-order valence-corrected chi connectivity index (χ0v) is 9.68. The van der Waals surface area contributed by atoms with Gasteiger partial charge in [-0.3, -0.25) is 0 Å². The molecule has 0 spiro atoms. The molecule has 1 aliphatic carbocycles. The van der Waals surface area contributed by atoms with E-state index in [4.69, 9.17) is 0 Å². The van der Waals surface area contributed by atoms with Gasteiger partial charge in [0.05, 0.1) is 0 Å². The predicted molar refractivity (Wildman–Crippen MR) is 59.8 cm³/mol. The van der Waals surface area contributed by atoms with Gasteiger partial charge < -0.3 is 0 Å². The van der Waals surface area contributed by atoms with Gasteiger partial charge in [0.2, 0.25) is 0 Å². The van der Waals surface area contributed by atoms with Crippen LogP contribution in [0, 0.1) is 17.8 Å². The molecule has 1 fully saturated rings. The fourth-order valence-electron chi connectivity index (χ4n) is 2.91. The van der Waals surface area contributed by atoms with E-state index in [0.717, 1.165) is 17.8 Å². The first-order chi connectivity index (χ1) is 6.24. The van der Waals surface area contributed by atoms with Crippen LogP contribution in [0.15, 0.2) is 0 Å². The van der Waals surface area contributed by atoms with Crippen molar-refractivity contribution in [2.45, 2.75) is 65.7 Å². The van der Waals surface area contributed by atoms with Gasteiger partial charge in [0, 0.05) is 0 Å². The van der Waals surface area contributed by atoms with E-state index in [2.05, 4.69) is 20.8 Å². The van der Waals surface area contributed by atoms with E-state index in [1.54, 1.807) is 0 Å². The molecule has 0 aromatic heterocycles. The minimum Gasteiger partial charge on any atom is -0.0654 e. The van der Waals surface area contributed by atoms with E-state index >= 15 is 0 Å². The van der Waals surface area contributed by atoms with Crippen molar-refractivity contribution in [3.05, 3.63) is 0 Å². The van der Waals surface area contributed by atoms with Crippen LogP contribution in [0.5, 0.6) is 0 Å². The van der Waals surface area contributed by atoms with Gasteiger partial charge in [0.1, 0.15) is 0 Å². The third kappa shape index (κ3) is 3.70. The molecule has 3 unspecified atom stereocenters. The van der Waals surface area contributed by atoms with Crippen LogP contribution < -0.4 is 0 Å². The van der Waals surface area contributed by atoms with Crippen molar-refractivity contribution in [1.82, 2.24) is 0 Å². The molecule has 13 heavy (non-hydrogen) atoms. The topological polar surface area (TPSA) is 0 Å². The third-order valence-corrected chi connectivity index (χ3v) is 3.71. The smallest absolute Gasteiger partial charge is 0.0386 e. The first-order valence-corrected chi connectivity index (χ1v) is 6.24. The van der Waals surface area contributed by atoms with Crippen LogP contribution in [-0.2, 0) is 0 Å². The van der Waals surface area contributed by atoms with Crippen molar-refractivity contribution in [3.63, 3.8) is 0 Å². The SMILES string of the molecule is CCCCCCC1CC(C)CC1C. The molecule has 0 saturated heterocycles. The summed E-state index contributed by atoms with van der Waals surface area (Å²) in [7, 11) is 0. The molecule has 1 rings (SSSR count). The molecule has 0 radical (unpaired) electrons. The fourth-order valence-corrected chi connectivity index (χ4v) is 2.91. The molecule has 0 heterocycles. The maximum atomic E-state index is 2.45. The van der Waals surface area contributed by atoms with Gasteiger partial charge in [0.15, 0.2) is 0 Å². The van der Waals surface area contributed by atoms with Crippen LogP contribution >= 0.6 is 0 Å². The van der Waals surface area contributed by atoms with Crippen LogP contribution in [0.4, 0.5) is 0 Å². The highest BCUT2D eigenvalue weighted by Gasteiger charge is 2.27. The van der Waals surface area contributed by atoms with E-state index in [1.165, 1.54) is 44.9 Å². The standard InChI is InChI=1S/C13H26/c1-4-5-6-7-8-13-10-11(2)9-12(13)3/h11-13H,4-10H2,1-3H3. The van der Waals surface area contributed by atoms with Gasteiger partial charge in [-0.15, -0.1) is 0 Å². The second-order valence-electron chi connectivity index (χ2n) is 5.16. The summed E-state index contributed by atoms with van der Waals surface area (Å²) >= 11 is 0. The molecule has 0 nitrogen and oxygen atoms in total. The number of hydrogen-bond acceptors (Lipinski definition) is 0. The van der Waals surface area contributed by atoms with Gasteiger partial charge >= 0.3 is 0 Å². The zero-order valence-electron chi connectivity index (χ0n) is 9.68. The summed E-state index contributed by atoms with van der Waals surface area (Å²) in [5.74, 6) is 3.08. The molecule has 0 amide bonds. The van der Waals surface area contributed by atoms with Gasteiger partial charge in [-0.05, 0) is 30.6 Å². The monoisotopic (exact) mass is 182 g/mol. The largest absolute Gasteiger partial charge is 0.0654 e. The van der Waals surface area contributed by atoms with Gasteiger partial charge in [0.25, 0.3) is 0 Å². The lowest BCUT2D eigenvalue weighted by molar-refractivity contribution is 0.374. The summed E-state index contributed by atoms with van der Waals surface area (Å²) in [5, 5.41) is 0. The Hall–Kier alpha value is 0. The van der Waals surface area contributed by atoms with E-state index in [0.29, 0.717) is 0 Å². The maximum absolute atomic E-state index is 2.45. The lowest BCUT2D eigenvalue weighted by atomic mass is 9.92. The Kier molecular flexibility index (Phi) is 4.83. The summed E-state index contributed by atoms with van der Waals surface area (Å²) < 4.78 is 0. The Labute approximate surface area is 84.1 Å². The van der Waals surface area contributed by atoms with E-state index in [9.17, 15) is 0 Å². The predicted octanol–water partition coefficient (Wildman–Crippen LogP) is 4.64. The average Bonchev–Trinajstić information content (AvgIpc) is 2.39. The molecular formula is C13H26. The highest BCUT2D eigenvalue weighted by atomic mass is 14.3. The van der Waals surface area contributed by atoms with Crippen molar-refractivity contribution < 1.29 is 0 Å². The van der Waals surface area contributed by atoms with Crippen LogP contribution in [-0.4, -0.2) is 0 Å². The molecule has 78 valence electrons. The molecule has 0 N–H and O–H groups in total. The minimum absolute atomic E-state index is 1.01. The minimum atomic E-state index is 1.01. The number of unbranched alkanes of at least 4 members (excludes halogenated alkanes) is 3. The number of rotatable bonds is 5. The maximum Gasteiger partial charge on any atom is -0.0386 e. The lowest BCUT2D eigenvalue weighted by Crippen LogP contribution is -2.03. The Bertz CT molecular complexity index is 128.